The lowest BCUT2D eigenvalue weighted by atomic mass is 10.1. The fourth-order valence-electron chi connectivity index (χ4n) is 2.87. The van der Waals surface area contributed by atoms with E-state index >= 15 is 0 Å². The first kappa shape index (κ1) is 13.9. The van der Waals surface area contributed by atoms with E-state index in [1.54, 1.807) is 0 Å². The van der Waals surface area contributed by atoms with Gasteiger partial charge in [-0.3, -0.25) is 0 Å². The lowest BCUT2D eigenvalue weighted by Crippen LogP contribution is -2.11. The number of nitrogen functional groups attached to an aromatic ring is 1. The number of aromatic nitrogens is 2. The average molecular weight is 310 g/mol. The van der Waals surface area contributed by atoms with Crippen molar-refractivity contribution in [2.24, 2.45) is 5.73 Å². The highest BCUT2D eigenvalue weighted by Gasteiger charge is 2.19. The van der Waals surface area contributed by atoms with Crippen LogP contribution in [0.25, 0.3) is 22.4 Å². The second-order valence-electron chi connectivity index (χ2n) is 5.64. The minimum atomic E-state index is 0.250. The molecule has 1 aliphatic heterocycles. The zero-order valence-corrected chi connectivity index (χ0v) is 12.9. The second-order valence-corrected chi connectivity index (χ2v) is 5.64. The van der Waals surface area contributed by atoms with E-state index in [1.165, 1.54) is 0 Å². The van der Waals surface area contributed by atoms with Crippen LogP contribution in [-0.4, -0.2) is 22.9 Å². The van der Waals surface area contributed by atoms with E-state index in [1.807, 2.05) is 37.3 Å². The summed E-state index contributed by atoms with van der Waals surface area (Å²) in [7, 11) is 0. The zero-order chi connectivity index (χ0) is 16.0. The SMILES string of the molecule is Cc1ccc(-c2nc3cc4c(cc3n2CCN)OCO4)cc1N. The molecule has 0 amide bonds. The number of aryl methyl sites for hydroxylation is 1. The number of anilines is 1. The van der Waals surface area contributed by atoms with E-state index in [0.29, 0.717) is 13.1 Å². The molecular formula is C17H18N4O2. The van der Waals surface area contributed by atoms with Gasteiger partial charge < -0.3 is 25.5 Å². The zero-order valence-electron chi connectivity index (χ0n) is 12.9. The molecular weight excluding hydrogens is 292 g/mol. The maximum Gasteiger partial charge on any atom is 0.231 e. The van der Waals surface area contributed by atoms with Gasteiger partial charge in [0.25, 0.3) is 0 Å². The van der Waals surface area contributed by atoms with Crippen molar-refractivity contribution < 1.29 is 9.47 Å². The molecule has 2 heterocycles. The molecule has 0 atom stereocenters. The third kappa shape index (κ3) is 2.19. The molecule has 0 saturated heterocycles. The van der Waals surface area contributed by atoms with Crippen molar-refractivity contribution in [1.82, 2.24) is 9.55 Å². The number of ether oxygens (including phenoxy) is 2. The molecule has 1 aromatic heterocycles. The Bertz CT molecular complexity index is 901. The van der Waals surface area contributed by atoms with Gasteiger partial charge in [0.2, 0.25) is 6.79 Å². The standard InChI is InChI=1S/C17H18N4O2/c1-10-2-3-11(6-12(10)19)17-20-13-7-15-16(23-9-22-15)8-14(13)21(17)5-4-18/h2-3,6-8H,4-5,9,18-19H2,1H3. The van der Waals surface area contributed by atoms with Crippen LogP contribution in [0.5, 0.6) is 11.5 Å². The highest BCUT2D eigenvalue weighted by Crippen LogP contribution is 2.37. The Labute approximate surface area is 133 Å². The number of rotatable bonds is 3. The van der Waals surface area contributed by atoms with Crippen LogP contribution >= 0.6 is 0 Å². The predicted molar refractivity (Wildman–Crippen MR) is 89.5 cm³/mol. The average Bonchev–Trinajstić information content (AvgIpc) is 3.13. The summed E-state index contributed by atoms with van der Waals surface area (Å²) in [6.07, 6.45) is 0. The third-order valence-electron chi connectivity index (χ3n) is 4.13. The maximum absolute atomic E-state index is 6.05. The number of fused-ring (bicyclic) bond motifs is 2. The summed E-state index contributed by atoms with van der Waals surface area (Å²) in [5.74, 6) is 2.32. The fourth-order valence-corrected chi connectivity index (χ4v) is 2.87. The molecule has 6 heteroatoms. The summed E-state index contributed by atoms with van der Waals surface area (Å²) < 4.78 is 13.0. The first-order valence-corrected chi connectivity index (χ1v) is 7.54. The Hall–Kier alpha value is -2.73. The van der Waals surface area contributed by atoms with Gasteiger partial charge in [0.05, 0.1) is 11.0 Å². The van der Waals surface area contributed by atoms with Crippen LogP contribution in [0.2, 0.25) is 0 Å². The lowest BCUT2D eigenvalue weighted by molar-refractivity contribution is 0.174. The lowest BCUT2D eigenvalue weighted by Gasteiger charge is -2.09. The van der Waals surface area contributed by atoms with Crippen molar-refractivity contribution in [3.8, 4) is 22.9 Å². The number of nitrogens with zero attached hydrogens (tertiary/aromatic N) is 2. The van der Waals surface area contributed by atoms with Crippen LogP contribution in [0.3, 0.4) is 0 Å². The molecule has 2 aromatic carbocycles. The van der Waals surface area contributed by atoms with Crippen LogP contribution in [0.4, 0.5) is 5.69 Å². The molecule has 118 valence electrons. The minimum Gasteiger partial charge on any atom is -0.454 e. The van der Waals surface area contributed by atoms with Gasteiger partial charge in [-0.15, -0.1) is 0 Å². The van der Waals surface area contributed by atoms with Crippen LogP contribution in [0, 0.1) is 6.92 Å². The van der Waals surface area contributed by atoms with Gasteiger partial charge in [0.1, 0.15) is 5.82 Å². The molecule has 1 aliphatic rings. The van der Waals surface area contributed by atoms with Gasteiger partial charge in [-0.2, -0.15) is 0 Å². The topological polar surface area (TPSA) is 88.3 Å². The molecule has 23 heavy (non-hydrogen) atoms. The molecule has 0 unspecified atom stereocenters. The van der Waals surface area contributed by atoms with Crippen molar-refractivity contribution >= 4 is 16.7 Å². The smallest absolute Gasteiger partial charge is 0.231 e. The quantitative estimate of drug-likeness (QED) is 0.725. The van der Waals surface area contributed by atoms with E-state index in [9.17, 15) is 0 Å². The van der Waals surface area contributed by atoms with Gasteiger partial charge >= 0.3 is 0 Å². The number of nitrogens with two attached hydrogens (primary N) is 2. The third-order valence-corrected chi connectivity index (χ3v) is 4.13. The molecule has 4 rings (SSSR count). The number of imidazole rings is 1. The van der Waals surface area contributed by atoms with Crippen molar-refractivity contribution in [3.63, 3.8) is 0 Å². The minimum absolute atomic E-state index is 0.250. The fraction of sp³-hybridized carbons (Fsp3) is 0.235. The van der Waals surface area contributed by atoms with Crippen molar-refractivity contribution in [3.05, 3.63) is 35.9 Å². The van der Waals surface area contributed by atoms with Gasteiger partial charge in [-0.05, 0) is 18.6 Å². The predicted octanol–water partition coefficient (Wildman–Crippen LogP) is 2.28. The number of benzene rings is 2. The summed E-state index contributed by atoms with van der Waals surface area (Å²) in [6.45, 7) is 3.43. The summed E-state index contributed by atoms with van der Waals surface area (Å²) in [5, 5.41) is 0. The molecule has 0 spiro atoms. The number of hydrogen-bond acceptors (Lipinski definition) is 5. The Kier molecular flexibility index (Phi) is 3.12. The van der Waals surface area contributed by atoms with E-state index in [0.717, 1.165) is 45.2 Å². The van der Waals surface area contributed by atoms with E-state index in [4.69, 9.17) is 25.9 Å². The Balaban J connectivity index is 1.94. The van der Waals surface area contributed by atoms with E-state index in [-0.39, 0.29) is 6.79 Å². The molecule has 0 radical (unpaired) electrons. The van der Waals surface area contributed by atoms with Gasteiger partial charge in [0, 0.05) is 36.5 Å². The Morgan fingerprint density at radius 3 is 2.70 bits per heavy atom. The Morgan fingerprint density at radius 1 is 1.17 bits per heavy atom. The molecule has 0 fully saturated rings. The normalized spacial score (nSPS) is 13.0. The monoisotopic (exact) mass is 310 g/mol. The number of hydrogen-bond donors (Lipinski definition) is 2. The second kappa shape index (κ2) is 5.17. The van der Waals surface area contributed by atoms with Gasteiger partial charge in [-0.25, -0.2) is 4.98 Å². The van der Waals surface area contributed by atoms with Crippen LogP contribution in [0.1, 0.15) is 5.56 Å². The summed E-state index contributed by atoms with van der Waals surface area (Å²) in [5.41, 5.74) is 16.5. The highest BCUT2D eigenvalue weighted by molar-refractivity contribution is 5.84. The van der Waals surface area contributed by atoms with Gasteiger partial charge in [-0.1, -0.05) is 12.1 Å². The molecule has 6 nitrogen and oxygen atoms in total. The van der Waals surface area contributed by atoms with Crippen molar-refractivity contribution in [2.45, 2.75) is 13.5 Å². The first-order valence-electron chi connectivity index (χ1n) is 7.54. The van der Waals surface area contributed by atoms with Crippen LogP contribution in [0.15, 0.2) is 30.3 Å². The molecule has 0 aliphatic carbocycles. The first-order chi connectivity index (χ1) is 11.2. The molecule has 4 N–H and O–H groups in total. The maximum atomic E-state index is 6.05. The molecule has 0 bridgehead atoms. The summed E-state index contributed by atoms with van der Waals surface area (Å²) >= 11 is 0. The summed E-state index contributed by atoms with van der Waals surface area (Å²) in [4.78, 5) is 4.77. The Morgan fingerprint density at radius 2 is 1.96 bits per heavy atom. The summed E-state index contributed by atoms with van der Waals surface area (Å²) in [6, 6.07) is 9.85. The molecule has 0 saturated carbocycles. The molecule has 3 aromatic rings. The largest absolute Gasteiger partial charge is 0.454 e. The van der Waals surface area contributed by atoms with Crippen molar-refractivity contribution in [2.75, 3.05) is 19.1 Å². The van der Waals surface area contributed by atoms with Crippen molar-refractivity contribution in [1.29, 1.82) is 0 Å². The van der Waals surface area contributed by atoms with E-state index < -0.39 is 0 Å². The van der Waals surface area contributed by atoms with Crippen LogP contribution in [-0.2, 0) is 6.54 Å². The highest BCUT2D eigenvalue weighted by atomic mass is 16.7. The van der Waals surface area contributed by atoms with Gasteiger partial charge in [0.15, 0.2) is 11.5 Å². The van der Waals surface area contributed by atoms with E-state index in [2.05, 4.69) is 4.57 Å². The van der Waals surface area contributed by atoms with Crippen LogP contribution < -0.4 is 20.9 Å².